The molecule has 0 aliphatic rings. The van der Waals surface area contributed by atoms with Crippen LogP contribution in [0.3, 0.4) is 0 Å². The molecule has 2 aromatic heterocycles. The molecule has 0 unspecified atom stereocenters. The molecule has 0 aliphatic carbocycles. The van der Waals surface area contributed by atoms with Crippen molar-refractivity contribution in [2.45, 2.75) is 0 Å². The third-order valence-electron chi connectivity index (χ3n) is 9.73. The molecule has 10 aromatic rings. The lowest BCUT2D eigenvalue weighted by atomic mass is 9.95. The second-order valence-electron chi connectivity index (χ2n) is 12.8. The first-order chi connectivity index (χ1) is 25.3. The van der Waals surface area contributed by atoms with Crippen LogP contribution in [0.1, 0.15) is 0 Å². The number of aromatic nitrogens is 3. The van der Waals surface area contributed by atoms with Crippen molar-refractivity contribution in [3.8, 4) is 56.4 Å². The van der Waals surface area contributed by atoms with E-state index in [1.54, 1.807) is 11.3 Å². The molecule has 2 heterocycles. The van der Waals surface area contributed by atoms with Gasteiger partial charge in [0.05, 0.1) is 0 Å². The first-order valence-electron chi connectivity index (χ1n) is 17.1. The molecule has 0 N–H and O–H groups in total. The lowest BCUT2D eigenvalue weighted by Gasteiger charge is -2.13. The molecule has 0 saturated heterocycles. The van der Waals surface area contributed by atoms with Gasteiger partial charge in [-0.15, -0.1) is 11.3 Å². The maximum atomic E-state index is 5.22. The van der Waals surface area contributed by atoms with Crippen LogP contribution < -0.4 is 0 Å². The smallest absolute Gasteiger partial charge is 0.165 e. The van der Waals surface area contributed by atoms with E-state index in [9.17, 15) is 0 Å². The summed E-state index contributed by atoms with van der Waals surface area (Å²) in [6, 6.07) is 62.2. The van der Waals surface area contributed by atoms with E-state index in [0.717, 1.165) is 33.2 Å². The highest BCUT2D eigenvalue weighted by Gasteiger charge is 2.18. The van der Waals surface area contributed by atoms with Gasteiger partial charge in [0.15, 0.2) is 17.5 Å². The quantitative estimate of drug-likeness (QED) is 0.183. The van der Waals surface area contributed by atoms with Crippen molar-refractivity contribution in [3.63, 3.8) is 0 Å². The Morgan fingerprint density at radius 1 is 0.314 bits per heavy atom. The second-order valence-corrected chi connectivity index (χ2v) is 13.9. The van der Waals surface area contributed by atoms with Crippen LogP contribution >= 0.6 is 11.3 Å². The first-order valence-corrected chi connectivity index (χ1v) is 17.9. The van der Waals surface area contributed by atoms with Gasteiger partial charge in [0.25, 0.3) is 0 Å². The Bertz CT molecular complexity index is 2920. The van der Waals surface area contributed by atoms with Gasteiger partial charge in [-0.3, -0.25) is 0 Å². The highest BCUT2D eigenvalue weighted by molar-refractivity contribution is 7.26. The van der Waals surface area contributed by atoms with E-state index in [4.69, 9.17) is 15.0 Å². The molecule has 51 heavy (non-hydrogen) atoms. The van der Waals surface area contributed by atoms with E-state index in [0.29, 0.717) is 17.5 Å². The van der Waals surface area contributed by atoms with Crippen molar-refractivity contribution in [2.24, 2.45) is 0 Å². The second kappa shape index (κ2) is 12.1. The zero-order valence-corrected chi connectivity index (χ0v) is 28.3. The van der Waals surface area contributed by atoms with Crippen LogP contribution in [0.25, 0.3) is 98.1 Å². The molecule has 238 valence electrons. The van der Waals surface area contributed by atoms with Crippen LogP contribution in [0.4, 0.5) is 0 Å². The number of rotatable bonds is 5. The Balaban J connectivity index is 1.16. The number of thiophene rings is 1. The molecule has 0 spiro atoms. The topological polar surface area (TPSA) is 38.7 Å². The van der Waals surface area contributed by atoms with Crippen molar-refractivity contribution in [1.82, 2.24) is 15.0 Å². The van der Waals surface area contributed by atoms with Gasteiger partial charge in [-0.2, -0.15) is 0 Å². The normalized spacial score (nSPS) is 11.5. The summed E-state index contributed by atoms with van der Waals surface area (Å²) in [5.74, 6) is 1.97. The maximum Gasteiger partial charge on any atom is 0.165 e. The summed E-state index contributed by atoms with van der Waals surface area (Å²) in [4.78, 5) is 15.6. The average Bonchev–Trinajstić information content (AvgIpc) is 3.59. The van der Waals surface area contributed by atoms with Crippen molar-refractivity contribution < 1.29 is 0 Å². The Hall–Kier alpha value is -6.49. The van der Waals surface area contributed by atoms with Gasteiger partial charge in [0, 0.05) is 36.9 Å². The molecule has 0 radical (unpaired) electrons. The highest BCUT2D eigenvalue weighted by atomic mass is 32.1. The fourth-order valence-corrected chi connectivity index (χ4v) is 8.46. The van der Waals surface area contributed by atoms with E-state index in [-0.39, 0.29) is 0 Å². The van der Waals surface area contributed by atoms with Gasteiger partial charge in [0.1, 0.15) is 0 Å². The summed E-state index contributed by atoms with van der Waals surface area (Å²) in [5, 5.41) is 7.27. The molecule has 8 aromatic carbocycles. The van der Waals surface area contributed by atoms with Gasteiger partial charge in [-0.1, -0.05) is 152 Å². The van der Waals surface area contributed by atoms with E-state index in [2.05, 4.69) is 170 Å². The Kier molecular flexibility index (Phi) is 7.00. The third-order valence-corrected chi connectivity index (χ3v) is 11.0. The van der Waals surface area contributed by atoms with Gasteiger partial charge in [0.2, 0.25) is 0 Å². The van der Waals surface area contributed by atoms with Crippen LogP contribution in [0.5, 0.6) is 0 Å². The number of benzene rings is 8. The van der Waals surface area contributed by atoms with Crippen molar-refractivity contribution in [3.05, 3.63) is 176 Å². The molecule has 3 nitrogen and oxygen atoms in total. The van der Waals surface area contributed by atoms with Crippen LogP contribution in [0.2, 0.25) is 0 Å². The Morgan fingerprint density at radius 3 is 1.75 bits per heavy atom. The van der Waals surface area contributed by atoms with Crippen molar-refractivity contribution >= 4 is 53.1 Å². The largest absolute Gasteiger partial charge is 0.208 e. The van der Waals surface area contributed by atoms with E-state index in [1.165, 1.54) is 47.5 Å². The molecule has 10 rings (SSSR count). The Labute approximate surface area is 299 Å². The third kappa shape index (κ3) is 5.16. The first kappa shape index (κ1) is 29.4. The van der Waals surface area contributed by atoms with Gasteiger partial charge in [-0.25, -0.2) is 15.0 Å². The van der Waals surface area contributed by atoms with Gasteiger partial charge >= 0.3 is 0 Å². The molecule has 0 fully saturated rings. The monoisotopic (exact) mass is 667 g/mol. The average molecular weight is 668 g/mol. The van der Waals surface area contributed by atoms with Crippen LogP contribution in [-0.4, -0.2) is 15.0 Å². The summed E-state index contributed by atoms with van der Waals surface area (Å²) >= 11 is 1.79. The van der Waals surface area contributed by atoms with Crippen molar-refractivity contribution in [1.29, 1.82) is 0 Å². The van der Waals surface area contributed by atoms with Crippen molar-refractivity contribution in [2.75, 3.05) is 0 Å². The predicted octanol–water partition coefficient (Wildman–Crippen LogP) is 12.9. The molecular formula is C47H29N3S. The summed E-state index contributed by atoms with van der Waals surface area (Å²) in [6.45, 7) is 0. The van der Waals surface area contributed by atoms with E-state index < -0.39 is 0 Å². The molecule has 0 aliphatic heterocycles. The molecule has 4 heteroatoms. The number of nitrogens with zero attached hydrogens (tertiary/aromatic N) is 3. The predicted molar refractivity (Wildman–Crippen MR) is 215 cm³/mol. The fraction of sp³-hybridized carbons (Fsp3) is 0. The van der Waals surface area contributed by atoms with E-state index >= 15 is 0 Å². The molecule has 0 saturated carbocycles. The highest BCUT2D eigenvalue weighted by Crippen LogP contribution is 2.40. The summed E-state index contributed by atoms with van der Waals surface area (Å²) < 4.78 is 2.43. The lowest BCUT2D eigenvalue weighted by molar-refractivity contribution is 1.08. The number of hydrogen-bond acceptors (Lipinski definition) is 4. The minimum Gasteiger partial charge on any atom is -0.208 e. The summed E-state index contributed by atoms with van der Waals surface area (Å²) in [7, 11) is 0. The minimum absolute atomic E-state index is 0.649. The minimum atomic E-state index is 0.649. The SMILES string of the molecule is c1ccc(-c2ccccc2-c2nc(-c3ccc4cc(-c5cccc6ccccc56)ccc4c3)nc(-c3cccc4c3sc3ccccc34)n2)cc1. The van der Waals surface area contributed by atoms with Gasteiger partial charge < -0.3 is 0 Å². The zero-order chi connectivity index (χ0) is 33.7. The van der Waals surface area contributed by atoms with Gasteiger partial charge in [-0.05, 0) is 68.1 Å². The number of hydrogen-bond donors (Lipinski definition) is 0. The lowest BCUT2D eigenvalue weighted by Crippen LogP contribution is -2.01. The standard InChI is InChI=1S/C47H29N3S/c1-2-12-30(13-3-1)37-17-6-7-19-41(37)46-48-45(49-47(50-46)42-22-11-21-40-39-18-8-9-23-43(39)51-44(40)42)35-27-25-32-28-34(26-24-33(32)29-35)38-20-10-15-31-14-4-5-16-36(31)38/h1-29H. The maximum absolute atomic E-state index is 5.22. The fourth-order valence-electron chi connectivity index (χ4n) is 7.25. The molecule has 0 bridgehead atoms. The number of fused-ring (bicyclic) bond motifs is 5. The molecule has 0 amide bonds. The summed E-state index contributed by atoms with van der Waals surface area (Å²) in [6.07, 6.45) is 0. The molecular weight excluding hydrogens is 639 g/mol. The van der Waals surface area contributed by atoms with E-state index in [1.807, 2.05) is 6.07 Å². The zero-order valence-electron chi connectivity index (χ0n) is 27.5. The van der Waals surface area contributed by atoms with Crippen LogP contribution in [0.15, 0.2) is 176 Å². The summed E-state index contributed by atoms with van der Waals surface area (Å²) in [5.41, 5.74) is 7.57. The van der Waals surface area contributed by atoms with Crippen LogP contribution in [-0.2, 0) is 0 Å². The molecule has 0 atom stereocenters. The van der Waals surface area contributed by atoms with Crippen LogP contribution in [0, 0.1) is 0 Å². The Morgan fingerprint density at radius 2 is 0.882 bits per heavy atom.